The van der Waals surface area contributed by atoms with E-state index in [-0.39, 0.29) is 34.6 Å². The van der Waals surface area contributed by atoms with Crippen LogP contribution in [0, 0.1) is 11.6 Å². The van der Waals surface area contributed by atoms with Crippen molar-refractivity contribution in [2.75, 3.05) is 5.32 Å². The Balaban J connectivity index is 1.62. The smallest absolute Gasteiger partial charge is 0.255 e. The fraction of sp³-hybridized carbons (Fsp3) is 0.0435. The molecule has 0 aliphatic rings. The molecule has 0 fully saturated rings. The van der Waals surface area contributed by atoms with Gasteiger partial charge in [0, 0.05) is 17.7 Å². The number of anilines is 1. The van der Waals surface area contributed by atoms with Crippen LogP contribution in [0.25, 0.3) is 22.4 Å². The molecule has 7 nitrogen and oxygen atoms in total. The number of fused-ring (bicyclic) bond motifs is 1. The summed E-state index contributed by atoms with van der Waals surface area (Å²) in [4.78, 5) is 27.0. The molecule has 1 heterocycles. The van der Waals surface area contributed by atoms with E-state index in [2.05, 4.69) is 10.3 Å². The van der Waals surface area contributed by atoms with Crippen LogP contribution in [0.5, 0.6) is 0 Å². The molecule has 1 amide bonds. The van der Waals surface area contributed by atoms with Gasteiger partial charge >= 0.3 is 0 Å². The standard InChI is InChI=1S/C23H15F2N3O4/c24-15-4-2-14(3-5-15)23(31)26-16-6-7-18(19(25)11-16)22-27-20-8-1-13(9-17(30)12-29)10-21(20)28(22)32/h1-8,10-11,30,32H,9H2,(H,26,31). The van der Waals surface area contributed by atoms with Gasteiger partial charge in [0.1, 0.15) is 17.2 Å². The number of nitrogens with zero attached hydrogens (tertiary/aromatic N) is 2. The largest absolute Gasteiger partial charge is 0.502 e. The molecule has 0 bridgehead atoms. The van der Waals surface area contributed by atoms with Crippen molar-refractivity contribution < 1.29 is 28.7 Å². The molecular formula is C23H15F2N3O4. The number of halogens is 2. The van der Waals surface area contributed by atoms with E-state index >= 15 is 0 Å². The highest BCUT2D eigenvalue weighted by molar-refractivity contribution is 6.04. The molecule has 4 rings (SSSR count). The maximum Gasteiger partial charge on any atom is 0.255 e. The average Bonchev–Trinajstić information content (AvgIpc) is 3.10. The summed E-state index contributed by atoms with van der Waals surface area (Å²) >= 11 is 0. The topological polar surface area (TPSA) is 104 Å². The Morgan fingerprint density at radius 3 is 2.50 bits per heavy atom. The molecule has 0 radical (unpaired) electrons. The van der Waals surface area contributed by atoms with E-state index in [0.717, 1.165) is 18.2 Å². The number of allylic oxidation sites excluding steroid dienone is 1. The number of hydrogen-bond acceptors (Lipinski definition) is 5. The molecule has 0 aliphatic heterocycles. The summed E-state index contributed by atoms with van der Waals surface area (Å²) in [5.74, 6) is -0.925. The van der Waals surface area contributed by atoms with Gasteiger partial charge in [0.15, 0.2) is 17.5 Å². The molecule has 4 aromatic rings. The monoisotopic (exact) mass is 435 g/mol. The summed E-state index contributed by atoms with van der Waals surface area (Å²) < 4.78 is 28.5. The number of carbonyl (C=O) groups excluding carboxylic acids is 2. The molecule has 0 saturated carbocycles. The zero-order valence-corrected chi connectivity index (χ0v) is 16.3. The van der Waals surface area contributed by atoms with E-state index in [9.17, 15) is 28.7 Å². The lowest BCUT2D eigenvalue weighted by molar-refractivity contribution is 0.102. The van der Waals surface area contributed by atoms with Crippen LogP contribution in [-0.2, 0) is 11.2 Å². The van der Waals surface area contributed by atoms with Crippen LogP contribution in [-0.4, -0.2) is 31.9 Å². The van der Waals surface area contributed by atoms with E-state index in [1.807, 2.05) is 0 Å². The molecule has 9 heteroatoms. The average molecular weight is 435 g/mol. The quantitative estimate of drug-likeness (QED) is 0.247. The highest BCUT2D eigenvalue weighted by Crippen LogP contribution is 2.28. The number of aromatic nitrogens is 2. The van der Waals surface area contributed by atoms with Crippen LogP contribution in [0.1, 0.15) is 15.9 Å². The van der Waals surface area contributed by atoms with E-state index < -0.39 is 23.3 Å². The second-order valence-electron chi connectivity index (χ2n) is 6.95. The summed E-state index contributed by atoms with van der Waals surface area (Å²) in [5.41, 5.74) is 1.51. The molecule has 32 heavy (non-hydrogen) atoms. The summed E-state index contributed by atoms with van der Waals surface area (Å²) in [7, 11) is 0. The van der Waals surface area contributed by atoms with Gasteiger partial charge in [-0.25, -0.2) is 18.6 Å². The maximum absolute atomic E-state index is 14.8. The number of benzene rings is 3. The lowest BCUT2D eigenvalue weighted by atomic mass is 10.1. The highest BCUT2D eigenvalue weighted by atomic mass is 19.1. The number of amides is 1. The van der Waals surface area contributed by atoms with Crippen molar-refractivity contribution in [2.24, 2.45) is 0 Å². The van der Waals surface area contributed by atoms with Gasteiger partial charge in [-0.1, -0.05) is 6.07 Å². The van der Waals surface area contributed by atoms with Crippen LogP contribution in [0.2, 0.25) is 0 Å². The predicted octanol–water partition coefficient (Wildman–Crippen LogP) is 4.29. The van der Waals surface area contributed by atoms with Crippen molar-refractivity contribution in [1.29, 1.82) is 0 Å². The number of rotatable bonds is 5. The van der Waals surface area contributed by atoms with E-state index in [0.29, 0.717) is 15.8 Å². The van der Waals surface area contributed by atoms with Crippen molar-refractivity contribution in [1.82, 2.24) is 9.71 Å². The van der Waals surface area contributed by atoms with Crippen molar-refractivity contribution in [3.63, 3.8) is 0 Å². The Kier molecular flexibility index (Phi) is 5.41. The third-order valence-electron chi connectivity index (χ3n) is 4.76. The van der Waals surface area contributed by atoms with Crippen molar-refractivity contribution in [2.45, 2.75) is 6.42 Å². The molecule has 0 saturated heterocycles. The number of carbonyl (C=O) groups is 1. The van der Waals surface area contributed by atoms with Crippen molar-refractivity contribution in [3.8, 4) is 11.4 Å². The summed E-state index contributed by atoms with van der Waals surface area (Å²) in [5, 5.41) is 22.4. The van der Waals surface area contributed by atoms with Gasteiger partial charge in [0.2, 0.25) is 0 Å². The molecule has 0 aliphatic carbocycles. The zero-order chi connectivity index (χ0) is 22.8. The van der Waals surface area contributed by atoms with Crippen LogP contribution < -0.4 is 5.32 Å². The minimum atomic E-state index is -0.741. The zero-order valence-electron chi connectivity index (χ0n) is 16.3. The van der Waals surface area contributed by atoms with Crippen molar-refractivity contribution in [3.05, 3.63) is 89.2 Å². The van der Waals surface area contributed by atoms with E-state index in [1.54, 1.807) is 12.1 Å². The first kappa shape index (κ1) is 20.8. The molecule has 160 valence electrons. The Bertz CT molecular complexity index is 1390. The first-order valence-electron chi connectivity index (χ1n) is 9.36. The first-order valence-corrected chi connectivity index (χ1v) is 9.36. The minimum Gasteiger partial charge on any atom is -0.502 e. The van der Waals surface area contributed by atoms with Gasteiger partial charge in [0.25, 0.3) is 5.91 Å². The normalized spacial score (nSPS) is 10.7. The Hall–Kier alpha value is -4.49. The van der Waals surface area contributed by atoms with Crippen LogP contribution in [0.15, 0.2) is 66.4 Å². The SMILES string of the molecule is O=C=C(O)Cc1ccc2nc(-c3ccc(NC(=O)c4ccc(F)cc4)cc3F)n(O)c2c1. The molecule has 0 unspecified atom stereocenters. The number of imidazole rings is 1. The number of hydrogen-bond donors (Lipinski definition) is 3. The highest BCUT2D eigenvalue weighted by Gasteiger charge is 2.17. The Labute approximate surface area is 179 Å². The first-order chi connectivity index (χ1) is 15.4. The van der Waals surface area contributed by atoms with Crippen molar-refractivity contribution >= 4 is 28.6 Å². The minimum absolute atomic E-state index is 0.0133. The third kappa shape index (κ3) is 4.05. The van der Waals surface area contributed by atoms with Gasteiger partial charge in [-0.15, -0.1) is 0 Å². The summed E-state index contributed by atoms with van der Waals surface area (Å²) in [6.45, 7) is 0. The summed E-state index contributed by atoms with van der Waals surface area (Å²) in [6, 6.07) is 13.5. The fourth-order valence-electron chi connectivity index (χ4n) is 3.20. The predicted molar refractivity (Wildman–Crippen MR) is 112 cm³/mol. The van der Waals surface area contributed by atoms with E-state index in [4.69, 9.17) is 0 Å². The van der Waals surface area contributed by atoms with Gasteiger partial charge in [0.05, 0.1) is 11.1 Å². The molecule has 1 aromatic heterocycles. The van der Waals surface area contributed by atoms with Gasteiger partial charge in [-0.3, -0.25) is 4.79 Å². The molecule has 0 spiro atoms. The van der Waals surface area contributed by atoms with Crippen LogP contribution >= 0.6 is 0 Å². The Morgan fingerprint density at radius 1 is 1.06 bits per heavy atom. The van der Waals surface area contributed by atoms with Crippen LogP contribution in [0.3, 0.4) is 0 Å². The van der Waals surface area contributed by atoms with Gasteiger partial charge in [-0.2, -0.15) is 4.73 Å². The third-order valence-corrected chi connectivity index (χ3v) is 4.76. The van der Waals surface area contributed by atoms with Gasteiger partial charge in [-0.05, 0) is 60.2 Å². The lowest BCUT2D eigenvalue weighted by Crippen LogP contribution is -2.12. The fourth-order valence-corrected chi connectivity index (χ4v) is 3.20. The maximum atomic E-state index is 14.8. The lowest BCUT2D eigenvalue weighted by Gasteiger charge is -2.08. The summed E-state index contributed by atoms with van der Waals surface area (Å²) in [6.07, 6.45) is -0.0727. The van der Waals surface area contributed by atoms with Crippen LogP contribution in [0.4, 0.5) is 14.5 Å². The Morgan fingerprint density at radius 2 is 1.81 bits per heavy atom. The molecule has 3 N–H and O–H groups in total. The number of aliphatic hydroxyl groups excluding tert-OH is 1. The number of aliphatic hydroxyl groups is 1. The number of nitrogens with one attached hydrogen (secondary N) is 1. The molecule has 3 aromatic carbocycles. The second-order valence-corrected chi connectivity index (χ2v) is 6.95. The molecular weight excluding hydrogens is 420 g/mol. The van der Waals surface area contributed by atoms with E-state index in [1.165, 1.54) is 36.3 Å². The second kappa shape index (κ2) is 8.33. The van der Waals surface area contributed by atoms with Gasteiger partial charge < -0.3 is 15.6 Å². The molecule has 0 atom stereocenters.